The molecule has 1 spiro atoms. The Hall–Kier alpha value is -2.84. The second-order valence-electron chi connectivity index (χ2n) is 11.3. The van der Waals surface area contributed by atoms with Crippen LogP contribution in [0.25, 0.3) is 6.08 Å². The molecule has 2 amide bonds. The number of piperazine rings is 1. The summed E-state index contributed by atoms with van der Waals surface area (Å²) in [5, 5.41) is 18.7. The van der Waals surface area contributed by atoms with Gasteiger partial charge < -0.3 is 30.1 Å². The largest absolute Gasteiger partial charge is 0.483 e. The molecule has 3 N–H and O–H groups in total. The molecule has 0 bridgehead atoms. The van der Waals surface area contributed by atoms with E-state index in [1.54, 1.807) is 11.0 Å². The average molecular weight is 466 g/mol. The summed E-state index contributed by atoms with van der Waals surface area (Å²) in [6.07, 6.45) is 6.96. The molecule has 180 valence electrons. The van der Waals surface area contributed by atoms with Gasteiger partial charge in [-0.3, -0.25) is 9.59 Å². The van der Waals surface area contributed by atoms with Crippen molar-refractivity contribution in [2.75, 3.05) is 11.9 Å². The third-order valence-electron chi connectivity index (χ3n) is 8.26. The molecule has 4 unspecified atom stereocenters. The molecule has 0 saturated carbocycles. The molecule has 3 fully saturated rings. The number of nitrogens with zero attached hydrogens (tertiary/aromatic N) is 1. The second-order valence-corrected chi connectivity index (χ2v) is 11.3. The van der Waals surface area contributed by atoms with Crippen LogP contribution < -0.4 is 15.4 Å². The van der Waals surface area contributed by atoms with E-state index in [-0.39, 0.29) is 18.2 Å². The lowest BCUT2D eigenvalue weighted by Crippen LogP contribution is -2.70. The van der Waals surface area contributed by atoms with Crippen molar-refractivity contribution in [3.8, 4) is 5.75 Å². The summed E-state index contributed by atoms with van der Waals surface area (Å²) in [5.41, 5.74) is -3.89. The fourth-order valence-corrected chi connectivity index (χ4v) is 6.35. The molecule has 1 aromatic carbocycles. The van der Waals surface area contributed by atoms with Crippen molar-refractivity contribution in [1.29, 1.82) is 0 Å². The average Bonchev–Trinajstić information content (AvgIpc) is 3.40. The number of aliphatic hydroxyl groups is 1. The zero-order valence-corrected chi connectivity index (χ0v) is 20.0. The van der Waals surface area contributed by atoms with Crippen LogP contribution in [0.5, 0.6) is 5.75 Å². The van der Waals surface area contributed by atoms with Gasteiger partial charge in [-0.2, -0.15) is 0 Å². The van der Waals surface area contributed by atoms with Gasteiger partial charge in [0.1, 0.15) is 23.0 Å². The number of carbonyl (C=O) groups is 2. The molecule has 8 nitrogen and oxygen atoms in total. The summed E-state index contributed by atoms with van der Waals surface area (Å²) in [5.74, 6) is 0.157. The number of anilines is 1. The van der Waals surface area contributed by atoms with E-state index in [1.165, 1.54) is 0 Å². The molecule has 0 aliphatic carbocycles. The second kappa shape index (κ2) is 6.23. The number of nitrogens with one attached hydrogen (secondary N) is 2. The first-order valence-corrected chi connectivity index (χ1v) is 11.9. The van der Waals surface area contributed by atoms with Crippen molar-refractivity contribution in [2.24, 2.45) is 5.41 Å². The van der Waals surface area contributed by atoms with Gasteiger partial charge in [0, 0.05) is 41.3 Å². The van der Waals surface area contributed by atoms with Gasteiger partial charge in [-0.1, -0.05) is 26.0 Å². The molecule has 0 aromatic heterocycles. The molecule has 3 saturated heterocycles. The van der Waals surface area contributed by atoms with Gasteiger partial charge in [-0.15, -0.1) is 6.58 Å². The maximum Gasteiger partial charge on any atom is 0.276 e. The minimum absolute atomic E-state index is 0.111. The van der Waals surface area contributed by atoms with Crippen LogP contribution in [0.1, 0.15) is 58.1 Å². The number of hydrogen-bond donors (Lipinski definition) is 3. The van der Waals surface area contributed by atoms with Crippen LogP contribution in [0, 0.1) is 5.41 Å². The first-order valence-electron chi connectivity index (χ1n) is 11.9. The number of ether oxygens (including phenoxy) is 2. The summed E-state index contributed by atoms with van der Waals surface area (Å²) in [7, 11) is 0. The van der Waals surface area contributed by atoms with Gasteiger partial charge in [-0.25, -0.2) is 0 Å². The van der Waals surface area contributed by atoms with E-state index in [1.807, 2.05) is 52.0 Å². The molecule has 1 aromatic rings. The third kappa shape index (κ3) is 2.45. The summed E-state index contributed by atoms with van der Waals surface area (Å²) >= 11 is 0. The lowest BCUT2D eigenvalue weighted by Gasteiger charge is -2.47. The van der Waals surface area contributed by atoms with Gasteiger partial charge in [0.25, 0.3) is 5.91 Å². The van der Waals surface area contributed by atoms with Crippen molar-refractivity contribution in [1.82, 2.24) is 10.2 Å². The highest BCUT2D eigenvalue weighted by Crippen LogP contribution is 2.64. The van der Waals surface area contributed by atoms with Gasteiger partial charge in [0.15, 0.2) is 5.72 Å². The minimum atomic E-state index is -1.66. The topological polar surface area (TPSA) is 100 Å². The predicted molar refractivity (Wildman–Crippen MR) is 126 cm³/mol. The minimum Gasteiger partial charge on any atom is -0.483 e. The fourth-order valence-electron chi connectivity index (χ4n) is 6.35. The molecule has 6 rings (SSSR count). The van der Waals surface area contributed by atoms with E-state index in [9.17, 15) is 14.7 Å². The molecule has 5 aliphatic rings. The van der Waals surface area contributed by atoms with Gasteiger partial charge >= 0.3 is 0 Å². The van der Waals surface area contributed by atoms with E-state index >= 15 is 0 Å². The quantitative estimate of drug-likeness (QED) is 0.581. The Bertz CT molecular complexity index is 1190. The zero-order valence-electron chi connectivity index (χ0n) is 20.0. The van der Waals surface area contributed by atoms with Crippen LogP contribution in [0.3, 0.4) is 0 Å². The number of hydrogen-bond acceptors (Lipinski definition) is 6. The van der Waals surface area contributed by atoms with Crippen LogP contribution >= 0.6 is 0 Å². The molecule has 4 atom stereocenters. The van der Waals surface area contributed by atoms with Gasteiger partial charge in [0.05, 0.1) is 0 Å². The van der Waals surface area contributed by atoms with E-state index in [0.29, 0.717) is 30.0 Å². The predicted octanol–water partition coefficient (Wildman–Crippen LogP) is 2.63. The summed E-state index contributed by atoms with van der Waals surface area (Å²) in [6, 6.07) is 3.29. The lowest BCUT2D eigenvalue weighted by atomic mass is 9.70. The van der Waals surface area contributed by atoms with Gasteiger partial charge in [-0.05, 0) is 38.8 Å². The highest BCUT2D eigenvalue weighted by atomic mass is 16.6. The summed E-state index contributed by atoms with van der Waals surface area (Å²) in [6.45, 7) is 12.3. The van der Waals surface area contributed by atoms with E-state index < -0.39 is 34.1 Å². The maximum atomic E-state index is 13.7. The van der Waals surface area contributed by atoms with Crippen LogP contribution in [0.15, 0.2) is 30.9 Å². The van der Waals surface area contributed by atoms with Crippen molar-refractivity contribution < 1.29 is 24.2 Å². The molecular weight excluding hydrogens is 434 g/mol. The smallest absolute Gasteiger partial charge is 0.276 e. The van der Waals surface area contributed by atoms with Crippen LogP contribution in [-0.2, 0) is 19.9 Å². The first kappa shape index (κ1) is 21.7. The molecule has 34 heavy (non-hydrogen) atoms. The Kier molecular flexibility index (Phi) is 3.97. The third-order valence-corrected chi connectivity index (χ3v) is 8.26. The SMILES string of the molecule is C=CC(C)(C)C12Nc3cc4c(cc3C1(O)CC1(NC(=O)C3CCCN3C1=O)O2)C=CC(C)(C)O4. The Morgan fingerprint density at radius 2 is 2.03 bits per heavy atom. The number of carbonyl (C=O) groups excluding carboxylic acids is 2. The first-order chi connectivity index (χ1) is 15.9. The highest BCUT2D eigenvalue weighted by molar-refractivity contribution is 6.00. The molecular formula is C26H31N3O5. The number of rotatable bonds is 2. The normalized spacial score (nSPS) is 36.9. The summed E-state index contributed by atoms with van der Waals surface area (Å²) < 4.78 is 12.8. The van der Waals surface area contributed by atoms with E-state index in [2.05, 4.69) is 17.2 Å². The van der Waals surface area contributed by atoms with Crippen molar-refractivity contribution >= 4 is 23.6 Å². The van der Waals surface area contributed by atoms with Gasteiger partial charge in [0.2, 0.25) is 11.6 Å². The molecule has 5 heterocycles. The molecule has 5 aliphatic heterocycles. The number of benzene rings is 1. The summed E-state index contributed by atoms with van der Waals surface area (Å²) in [4.78, 5) is 28.3. The fraction of sp³-hybridized carbons (Fsp3) is 0.538. The molecule has 8 heteroatoms. The standard InChI is InChI=1S/C26H31N3O5/c1-6-22(2,3)26-24(32,14-25(34-26)21(31)29-11-7-8-18(29)20(30)28-25)16-12-15-9-10-23(4,5)33-19(15)13-17(16)27-26/h6,9-10,12-13,18,27,32H,1,7-8,11,14H2,2-5H3,(H,28,30). The van der Waals surface area contributed by atoms with Crippen LogP contribution in [-0.4, -0.2) is 51.5 Å². The van der Waals surface area contributed by atoms with Crippen molar-refractivity contribution in [2.45, 2.75) is 75.7 Å². The highest BCUT2D eigenvalue weighted by Gasteiger charge is 2.77. The van der Waals surface area contributed by atoms with E-state index in [0.717, 1.165) is 12.0 Å². The molecule has 0 radical (unpaired) electrons. The van der Waals surface area contributed by atoms with E-state index in [4.69, 9.17) is 9.47 Å². The Morgan fingerprint density at radius 1 is 1.26 bits per heavy atom. The number of fused-ring (bicyclic) bond motifs is 5. The van der Waals surface area contributed by atoms with Crippen LogP contribution in [0.2, 0.25) is 0 Å². The van der Waals surface area contributed by atoms with Crippen molar-refractivity contribution in [3.05, 3.63) is 42.0 Å². The lowest BCUT2D eigenvalue weighted by molar-refractivity contribution is -0.205. The Morgan fingerprint density at radius 3 is 2.76 bits per heavy atom. The zero-order chi connectivity index (χ0) is 24.3. The monoisotopic (exact) mass is 465 g/mol. The Labute approximate surface area is 199 Å². The Balaban J connectivity index is 1.51. The maximum absolute atomic E-state index is 13.7. The number of amides is 2. The van der Waals surface area contributed by atoms with Crippen LogP contribution in [0.4, 0.5) is 5.69 Å². The van der Waals surface area contributed by atoms with Crippen molar-refractivity contribution in [3.63, 3.8) is 0 Å².